The predicted octanol–water partition coefficient (Wildman–Crippen LogP) is 4.33. The van der Waals surface area contributed by atoms with Crippen molar-refractivity contribution in [1.29, 1.82) is 0 Å². The molecule has 21 heavy (non-hydrogen) atoms. The highest BCUT2D eigenvalue weighted by Gasteiger charge is 2.65. The van der Waals surface area contributed by atoms with Crippen LogP contribution in [0.15, 0.2) is 18.2 Å². The molecule has 0 atom stereocenters. The molecule has 0 bridgehead atoms. The van der Waals surface area contributed by atoms with Crippen LogP contribution in [0.25, 0.3) is 0 Å². The minimum atomic E-state index is -0.0558. The van der Waals surface area contributed by atoms with Gasteiger partial charge in [0.25, 0.3) is 5.91 Å². The lowest BCUT2D eigenvalue weighted by molar-refractivity contribution is 0.0944. The second-order valence-electron chi connectivity index (χ2n) is 6.97. The number of halogens is 1. The van der Waals surface area contributed by atoms with Gasteiger partial charge >= 0.3 is 0 Å². The quantitative estimate of drug-likeness (QED) is 0.850. The number of amides is 1. The van der Waals surface area contributed by atoms with Crippen molar-refractivity contribution in [3.63, 3.8) is 0 Å². The SMILES string of the molecule is CCCNc1ccc(Cl)cc1C(=O)NC1C(C)(C)C1(C)C. The van der Waals surface area contributed by atoms with E-state index < -0.39 is 0 Å². The van der Waals surface area contributed by atoms with Crippen molar-refractivity contribution in [3.8, 4) is 0 Å². The van der Waals surface area contributed by atoms with Crippen molar-refractivity contribution in [1.82, 2.24) is 5.32 Å². The summed E-state index contributed by atoms with van der Waals surface area (Å²) < 4.78 is 0. The van der Waals surface area contributed by atoms with E-state index in [1.165, 1.54) is 0 Å². The van der Waals surface area contributed by atoms with Crippen LogP contribution in [-0.2, 0) is 0 Å². The predicted molar refractivity (Wildman–Crippen MR) is 89.0 cm³/mol. The highest BCUT2D eigenvalue weighted by Crippen LogP contribution is 2.62. The Morgan fingerprint density at radius 3 is 2.38 bits per heavy atom. The summed E-state index contributed by atoms with van der Waals surface area (Å²) in [6, 6.07) is 5.60. The summed E-state index contributed by atoms with van der Waals surface area (Å²) in [7, 11) is 0. The molecule has 1 fully saturated rings. The normalized spacial score (nSPS) is 19.1. The van der Waals surface area contributed by atoms with E-state index in [1.807, 2.05) is 6.07 Å². The Balaban J connectivity index is 2.17. The molecule has 0 aromatic heterocycles. The number of anilines is 1. The molecular formula is C17H25ClN2O. The van der Waals surface area contributed by atoms with Crippen LogP contribution in [-0.4, -0.2) is 18.5 Å². The molecule has 0 unspecified atom stereocenters. The van der Waals surface area contributed by atoms with Crippen LogP contribution in [0.3, 0.4) is 0 Å². The summed E-state index contributed by atoms with van der Waals surface area (Å²) in [5.41, 5.74) is 1.71. The first-order chi connectivity index (χ1) is 9.71. The van der Waals surface area contributed by atoms with Gasteiger partial charge in [-0.1, -0.05) is 46.2 Å². The van der Waals surface area contributed by atoms with Crippen molar-refractivity contribution in [3.05, 3.63) is 28.8 Å². The molecule has 4 heteroatoms. The first-order valence-electron chi connectivity index (χ1n) is 7.56. The van der Waals surface area contributed by atoms with Gasteiger partial charge < -0.3 is 10.6 Å². The number of nitrogens with one attached hydrogen (secondary N) is 2. The highest BCUT2D eigenvalue weighted by molar-refractivity contribution is 6.31. The van der Waals surface area contributed by atoms with Gasteiger partial charge in [0.15, 0.2) is 0 Å². The van der Waals surface area contributed by atoms with E-state index in [0.717, 1.165) is 18.7 Å². The van der Waals surface area contributed by atoms with Gasteiger partial charge in [0.05, 0.1) is 5.56 Å². The average molecular weight is 309 g/mol. The van der Waals surface area contributed by atoms with Crippen molar-refractivity contribution >= 4 is 23.2 Å². The van der Waals surface area contributed by atoms with E-state index >= 15 is 0 Å². The Hall–Kier alpha value is -1.22. The first kappa shape index (κ1) is 16.2. The van der Waals surface area contributed by atoms with E-state index in [-0.39, 0.29) is 22.8 Å². The maximum Gasteiger partial charge on any atom is 0.253 e. The molecule has 0 aliphatic heterocycles. The van der Waals surface area contributed by atoms with Gasteiger partial charge in [-0.05, 0) is 35.4 Å². The molecule has 0 radical (unpaired) electrons. The fourth-order valence-electron chi connectivity index (χ4n) is 2.88. The lowest BCUT2D eigenvalue weighted by Crippen LogP contribution is -2.30. The minimum Gasteiger partial charge on any atom is -0.384 e. The van der Waals surface area contributed by atoms with Gasteiger partial charge in [0.2, 0.25) is 0 Å². The maximum absolute atomic E-state index is 12.6. The Morgan fingerprint density at radius 1 is 1.24 bits per heavy atom. The molecular weight excluding hydrogens is 284 g/mol. The number of hydrogen-bond acceptors (Lipinski definition) is 2. The summed E-state index contributed by atoms with van der Waals surface area (Å²) in [6.45, 7) is 11.7. The topological polar surface area (TPSA) is 41.1 Å². The number of rotatable bonds is 5. The number of benzene rings is 1. The van der Waals surface area contributed by atoms with Gasteiger partial charge in [-0.2, -0.15) is 0 Å². The van der Waals surface area contributed by atoms with Gasteiger partial charge in [-0.3, -0.25) is 4.79 Å². The van der Waals surface area contributed by atoms with E-state index in [2.05, 4.69) is 45.3 Å². The number of carbonyl (C=O) groups excluding carboxylic acids is 1. The molecule has 1 amide bonds. The average Bonchev–Trinajstić information content (AvgIpc) is 2.79. The van der Waals surface area contributed by atoms with E-state index in [0.29, 0.717) is 10.6 Å². The molecule has 1 aliphatic carbocycles. The molecule has 0 saturated heterocycles. The summed E-state index contributed by atoms with van der Waals surface area (Å²) in [6.07, 6.45) is 1.01. The van der Waals surface area contributed by atoms with Gasteiger partial charge in [-0.25, -0.2) is 0 Å². The molecule has 1 aromatic rings. The lowest BCUT2D eigenvalue weighted by Gasteiger charge is -2.13. The minimum absolute atomic E-state index is 0.0558. The van der Waals surface area contributed by atoms with Gasteiger partial charge in [-0.15, -0.1) is 0 Å². The van der Waals surface area contributed by atoms with Crippen LogP contribution in [0.5, 0.6) is 0 Å². The molecule has 0 heterocycles. The number of carbonyl (C=O) groups is 1. The Morgan fingerprint density at radius 2 is 1.86 bits per heavy atom. The molecule has 1 saturated carbocycles. The van der Waals surface area contributed by atoms with Crippen LogP contribution in [0, 0.1) is 10.8 Å². The molecule has 1 aliphatic rings. The molecule has 2 N–H and O–H groups in total. The fourth-order valence-corrected chi connectivity index (χ4v) is 3.06. The number of hydrogen-bond donors (Lipinski definition) is 2. The van der Waals surface area contributed by atoms with E-state index in [4.69, 9.17) is 11.6 Å². The van der Waals surface area contributed by atoms with Crippen molar-refractivity contribution in [2.45, 2.75) is 47.1 Å². The largest absolute Gasteiger partial charge is 0.384 e. The van der Waals surface area contributed by atoms with Crippen LogP contribution >= 0.6 is 11.6 Å². The second kappa shape index (κ2) is 5.53. The first-order valence-corrected chi connectivity index (χ1v) is 7.94. The van der Waals surface area contributed by atoms with Crippen molar-refractivity contribution in [2.24, 2.45) is 10.8 Å². The van der Waals surface area contributed by atoms with Crippen molar-refractivity contribution in [2.75, 3.05) is 11.9 Å². The summed E-state index contributed by atoms with van der Waals surface area (Å²) in [5, 5.41) is 7.02. The summed E-state index contributed by atoms with van der Waals surface area (Å²) in [4.78, 5) is 12.6. The second-order valence-corrected chi connectivity index (χ2v) is 7.40. The smallest absolute Gasteiger partial charge is 0.253 e. The zero-order chi connectivity index (χ0) is 15.8. The zero-order valence-electron chi connectivity index (χ0n) is 13.5. The highest BCUT2D eigenvalue weighted by atomic mass is 35.5. The molecule has 2 rings (SSSR count). The van der Waals surface area contributed by atoms with E-state index in [1.54, 1.807) is 12.1 Å². The molecule has 3 nitrogen and oxygen atoms in total. The third-order valence-electron chi connectivity index (χ3n) is 5.09. The standard InChI is InChI=1S/C17H25ClN2O/c1-6-9-19-13-8-7-11(18)10-12(13)14(21)20-15-16(2,3)17(15,4)5/h7-8,10,15,19H,6,9H2,1-5H3,(H,20,21). The van der Waals surface area contributed by atoms with E-state index in [9.17, 15) is 4.79 Å². The maximum atomic E-state index is 12.6. The van der Waals surface area contributed by atoms with Crippen LogP contribution in [0.1, 0.15) is 51.4 Å². The molecule has 0 spiro atoms. The summed E-state index contributed by atoms with van der Waals surface area (Å²) >= 11 is 6.05. The van der Waals surface area contributed by atoms with Crippen LogP contribution in [0.4, 0.5) is 5.69 Å². The Bertz CT molecular complexity index is 538. The third kappa shape index (κ3) is 2.89. The molecule has 1 aromatic carbocycles. The zero-order valence-corrected chi connectivity index (χ0v) is 14.3. The Kier molecular flexibility index (Phi) is 4.25. The monoisotopic (exact) mass is 308 g/mol. The van der Waals surface area contributed by atoms with Crippen LogP contribution < -0.4 is 10.6 Å². The molecule has 116 valence electrons. The lowest BCUT2D eigenvalue weighted by atomic mass is 10.0. The summed E-state index contributed by atoms with van der Waals surface area (Å²) in [5.74, 6) is -0.0558. The van der Waals surface area contributed by atoms with Gasteiger partial charge in [0, 0.05) is 23.3 Å². The van der Waals surface area contributed by atoms with Crippen LogP contribution in [0.2, 0.25) is 5.02 Å². The van der Waals surface area contributed by atoms with Crippen molar-refractivity contribution < 1.29 is 4.79 Å². The fraction of sp³-hybridized carbons (Fsp3) is 0.588. The van der Waals surface area contributed by atoms with Gasteiger partial charge in [0.1, 0.15) is 0 Å². The third-order valence-corrected chi connectivity index (χ3v) is 5.32. The Labute approximate surface area is 132 Å².